The largest absolute Gasteiger partial charge is 0.379 e. The van der Waals surface area contributed by atoms with Gasteiger partial charge >= 0.3 is 0 Å². The van der Waals surface area contributed by atoms with Gasteiger partial charge in [-0.15, -0.1) is 0 Å². The van der Waals surface area contributed by atoms with E-state index in [9.17, 15) is 4.79 Å². The molecule has 1 aliphatic rings. The predicted octanol–water partition coefficient (Wildman–Crippen LogP) is 0.734. The molecule has 7 heteroatoms. The number of hydrogen-bond donors (Lipinski definition) is 2. The Balaban J connectivity index is 1.54. The molecule has 2 N–H and O–H groups in total. The highest BCUT2D eigenvalue weighted by Gasteiger charge is 2.10. The molecule has 0 radical (unpaired) electrons. The van der Waals surface area contributed by atoms with Crippen molar-refractivity contribution < 1.29 is 9.53 Å². The van der Waals surface area contributed by atoms with E-state index in [4.69, 9.17) is 4.74 Å². The summed E-state index contributed by atoms with van der Waals surface area (Å²) in [5, 5.41) is 6.13. The molecule has 2 heterocycles. The number of amides is 1. The third-order valence-corrected chi connectivity index (χ3v) is 3.70. The highest BCUT2D eigenvalue weighted by atomic mass is 16.5. The Kier molecular flexibility index (Phi) is 7.22. The third kappa shape index (κ3) is 6.92. The number of nitrogens with zero attached hydrogens (tertiary/aromatic N) is 3. The van der Waals surface area contributed by atoms with Crippen LogP contribution in [-0.4, -0.2) is 66.7 Å². The molecule has 128 valence electrons. The molecule has 0 aliphatic carbocycles. The van der Waals surface area contributed by atoms with Crippen molar-refractivity contribution in [1.29, 1.82) is 0 Å². The summed E-state index contributed by atoms with van der Waals surface area (Å²) in [7, 11) is 0. The maximum Gasteiger partial charge on any atom is 0.223 e. The smallest absolute Gasteiger partial charge is 0.223 e. The second-order valence-corrected chi connectivity index (χ2v) is 5.81. The van der Waals surface area contributed by atoms with Gasteiger partial charge in [-0.1, -0.05) is 0 Å². The second-order valence-electron chi connectivity index (χ2n) is 5.81. The summed E-state index contributed by atoms with van der Waals surface area (Å²) in [6.45, 7) is 9.67. The van der Waals surface area contributed by atoms with E-state index in [0.29, 0.717) is 25.5 Å². The fourth-order valence-electron chi connectivity index (χ4n) is 2.52. The van der Waals surface area contributed by atoms with E-state index in [1.807, 2.05) is 19.9 Å². The van der Waals surface area contributed by atoms with Crippen LogP contribution in [0.5, 0.6) is 0 Å². The van der Waals surface area contributed by atoms with Gasteiger partial charge in [0.1, 0.15) is 0 Å². The molecule has 1 fully saturated rings. The minimum absolute atomic E-state index is 0.0985. The number of hydrogen-bond acceptors (Lipinski definition) is 6. The first-order valence-electron chi connectivity index (χ1n) is 8.26. The van der Waals surface area contributed by atoms with Gasteiger partial charge in [-0.25, -0.2) is 9.97 Å². The monoisotopic (exact) mass is 321 g/mol. The first-order valence-corrected chi connectivity index (χ1v) is 8.26. The van der Waals surface area contributed by atoms with Gasteiger partial charge < -0.3 is 15.4 Å². The third-order valence-electron chi connectivity index (χ3n) is 3.70. The van der Waals surface area contributed by atoms with Crippen LogP contribution in [0.15, 0.2) is 6.07 Å². The minimum Gasteiger partial charge on any atom is -0.379 e. The highest BCUT2D eigenvalue weighted by Crippen LogP contribution is 2.04. The number of carbonyl (C=O) groups is 1. The summed E-state index contributed by atoms with van der Waals surface area (Å²) in [6, 6.07) is 1.94. The van der Waals surface area contributed by atoms with Crippen LogP contribution in [0.3, 0.4) is 0 Å². The molecule has 1 aromatic heterocycles. The van der Waals surface area contributed by atoms with Gasteiger partial charge in [0.2, 0.25) is 11.9 Å². The Morgan fingerprint density at radius 1 is 1.22 bits per heavy atom. The summed E-state index contributed by atoms with van der Waals surface area (Å²) >= 11 is 0. The van der Waals surface area contributed by atoms with Gasteiger partial charge in [0.15, 0.2) is 0 Å². The average molecular weight is 321 g/mol. The van der Waals surface area contributed by atoms with E-state index in [1.54, 1.807) is 0 Å². The lowest BCUT2D eigenvalue weighted by molar-refractivity contribution is -0.121. The Morgan fingerprint density at radius 2 is 1.91 bits per heavy atom. The van der Waals surface area contributed by atoms with Gasteiger partial charge in [0, 0.05) is 50.5 Å². The van der Waals surface area contributed by atoms with Crippen LogP contribution in [0.25, 0.3) is 0 Å². The summed E-state index contributed by atoms with van der Waals surface area (Å²) in [6.07, 6.45) is 1.28. The molecule has 0 saturated carbocycles. The normalized spacial score (nSPS) is 15.4. The van der Waals surface area contributed by atoms with Crippen molar-refractivity contribution >= 4 is 11.9 Å². The fourth-order valence-corrected chi connectivity index (χ4v) is 2.52. The summed E-state index contributed by atoms with van der Waals surface area (Å²) in [5.74, 6) is 0.733. The molecule has 1 amide bonds. The van der Waals surface area contributed by atoms with Crippen molar-refractivity contribution in [2.45, 2.75) is 26.7 Å². The molecule has 2 rings (SSSR count). The van der Waals surface area contributed by atoms with E-state index >= 15 is 0 Å². The lowest BCUT2D eigenvalue weighted by Crippen LogP contribution is -2.41. The van der Waals surface area contributed by atoms with Crippen molar-refractivity contribution in [2.75, 3.05) is 51.3 Å². The second kappa shape index (κ2) is 9.42. The Morgan fingerprint density at radius 3 is 2.61 bits per heavy atom. The number of carbonyl (C=O) groups excluding carboxylic acids is 1. The lowest BCUT2D eigenvalue weighted by atomic mass is 10.3. The number of aromatic nitrogens is 2. The lowest BCUT2D eigenvalue weighted by Gasteiger charge is -2.26. The van der Waals surface area contributed by atoms with Crippen molar-refractivity contribution in [3.05, 3.63) is 17.5 Å². The topological polar surface area (TPSA) is 79.4 Å². The van der Waals surface area contributed by atoms with E-state index in [1.165, 1.54) is 0 Å². The zero-order valence-corrected chi connectivity index (χ0v) is 14.1. The van der Waals surface area contributed by atoms with Crippen molar-refractivity contribution in [1.82, 2.24) is 20.2 Å². The van der Waals surface area contributed by atoms with Gasteiger partial charge in [-0.3, -0.25) is 9.69 Å². The Bertz CT molecular complexity index is 483. The average Bonchev–Trinajstić information content (AvgIpc) is 2.52. The first-order chi connectivity index (χ1) is 11.1. The maximum absolute atomic E-state index is 11.8. The number of nitrogens with one attached hydrogen (secondary N) is 2. The van der Waals surface area contributed by atoms with Crippen molar-refractivity contribution in [3.8, 4) is 0 Å². The fraction of sp³-hybridized carbons (Fsp3) is 0.688. The molecule has 0 spiro atoms. The highest BCUT2D eigenvalue weighted by molar-refractivity contribution is 5.75. The molecule has 1 saturated heterocycles. The molecule has 7 nitrogen and oxygen atoms in total. The van der Waals surface area contributed by atoms with Crippen molar-refractivity contribution in [3.63, 3.8) is 0 Å². The maximum atomic E-state index is 11.8. The molecular formula is C16H27N5O2. The minimum atomic E-state index is 0.0985. The van der Waals surface area contributed by atoms with Gasteiger partial charge in [-0.2, -0.15) is 0 Å². The van der Waals surface area contributed by atoms with Gasteiger partial charge in [0.05, 0.1) is 13.2 Å². The number of aryl methyl sites for hydroxylation is 2. The van der Waals surface area contributed by atoms with Crippen LogP contribution >= 0.6 is 0 Å². The molecule has 0 aromatic carbocycles. The standard InChI is InChI=1S/C16H27N5O2/c1-13-12-14(2)20-16(19-13)18-5-3-4-15(22)17-6-7-21-8-10-23-11-9-21/h12H,3-11H2,1-2H3,(H,17,22)(H,18,19,20). The van der Waals surface area contributed by atoms with Crippen LogP contribution in [0, 0.1) is 13.8 Å². The predicted molar refractivity (Wildman–Crippen MR) is 89.5 cm³/mol. The molecule has 23 heavy (non-hydrogen) atoms. The van der Waals surface area contributed by atoms with Crippen LogP contribution in [0.2, 0.25) is 0 Å². The zero-order valence-electron chi connectivity index (χ0n) is 14.1. The number of morpholine rings is 1. The molecular weight excluding hydrogens is 294 g/mol. The van der Waals surface area contributed by atoms with Crippen LogP contribution in [0.4, 0.5) is 5.95 Å². The number of rotatable bonds is 8. The summed E-state index contributed by atoms with van der Waals surface area (Å²) in [4.78, 5) is 22.7. The molecule has 0 atom stereocenters. The molecule has 0 unspecified atom stereocenters. The Hall–Kier alpha value is -1.73. The summed E-state index contributed by atoms with van der Waals surface area (Å²) < 4.78 is 5.30. The molecule has 1 aromatic rings. The quantitative estimate of drug-likeness (QED) is 0.687. The molecule has 1 aliphatic heterocycles. The van der Waals surface area contributed by atoms with Gasteiger partial charge in [-0.05, 0) is 26.3 Å². The van der Waals surface area contributed by atoms with Crippen molar-refractivity contribution in [2.24, 2.45) is 0 Å². The number of anilines is 1. The SMILES string of the molecule is Cc1cc(C)nc(NCCCC(=O)NCCN2CCOCC2)n1. The van der Waals surface area contributed by atoms with E-state index in [-0.39, 0.29) is 5.91 Å². The summed E-state index contributed by atoms with van der Waals surface area (Å²) in [5.41, 5.74) is 1.89. The van der Waals surface area contributed by atoms with Gasteiger partial charge in [0.25, 0.3) is 0 Å². The van der Waals surface area contributed by atoms with E-state index in [2.05, 4.69) is 25.5 Å². The van der Waals surface area contributed by atoms with E-state index < -0.39 is 0 Å². The molecule has 0 bridgehead atoms. The van der Waals surface area contributed by atoms with Crippen LogP contribution < -0.4 is 10.6 Å². The first kappa shape index (κ1) is 17.6. The van der Waals surface area contributed by atoms with Crippen LogP contribution in [-0.2, 0) is 9.53 Å². The van der Waals surface area contributed by atoms with Crippen LogP contribution in [0.1, 0.15) is 24.2 Å². The number of ether oxygens (including phenoxy) is 1. The Labute approximate surface area is 137 Å². The van der Waals surface area contributed by atoms with E-state index in [0.717, 1.165) is 50.7 Å². The zero-order chi connectivity index (χ0) is 16.5.